The van der Waals surface area contributed by atoms with Gasteiger partial charge in [-0.25, -0.2) is 4.98 Å². The van der Waals surface area contributed by atoms with E-state index < -0.39 is 0 Å². The van der Waals surface area contributed by atoms with E-state index in [4.69, 9.17) is 0 Å². The molecule has 1 aromatic carbocycles. The lowest BCUT2D eigenvalue weighted by Gasteiger charge is -2.34. The number of fused-ring (bicyclic) bond motifs is 2. The van der Waals surface area contributed by atoms with E-state index in [0.29, 0.717) is 0 Å². The van der Waals surface area contributed by atoms with Crippen LogP contribution < -0.4 is 4.90 Å². The molecule has 0 atom stereocenters. The van der Waals surface area contributed by atoms with Crippen LogP contribution in [-0.4, -0.2) is 68.5 Å². The molecule has 5 aromatic rings. The molecule has 0 saturated carbocycles. The third-order valence-corrected chi connectivity index (χ3v) is 6.00. The Morgan fingerprint density at radius 3 is 2.70 bits per heavy atom. The summed E-state index contributed by atoms with van der Waals surface area (Å²) in [6.45, 7) is 4.19. The molecule has 1 aliphatic heterocycles. The van der Waals surface area contributed by atoms with Crippen molar-refractivity contribution in [3.05, 3.63) is 48.9 Å². The summed E-state index contributed by atoms with van der Waals surface area (Å²) >= 11 is 0. The molecule has 1 saturated heterocycles. The molecule has 0 spiro atoms. The zero-order valence-corrected chi connectivity index (χ0v) is 16.7. The first-order valence-electron chi connectivity index (χ1n) is 10.1. The van der Waals surface area contributed by atoms with Gasteiger partial charge < -0.3 is 14.8 Å². The second kappa shape index (κ2) is 6.70. The minimum Gasteiger partial charge on any atom is -0.368 e. The second-order valence-electron chi connectivity index (χ2n) is 7.89. The monoisotopic (exact) mass is 398 g/mol. The van der Waals surface area contributed by atoms with E-state index in [1.54, 1.807) is 0 Å². The summed E-state index contributed by atoms with van der Waals surface area (Å²) in [5.41, 5.74) is 7.15. The summed E-state index contributed by atoms with van der Waals surface area (Å²) in [5, 5.41) is 16.9. The maximum Gasteiger partial charge on any atom is 0.139 e. The van der Waals surface area contributed by atoms with Crippen molar-refractivity contribution in [3.8, 4) is 22.5 Å². The molecule has 30 heavy (non-hydrogen) atoms. The first-order chi connectivity index (χ1) is 14.8. The van der Waals surface area contributed by atoms with Crippen LogP contribution in [0.2, 0.25) is 0 Å². The molecule has 8 nitrogen and oxygen atoms in total. The van der Waals surface area contributed by atoms with Crippen LogP contribution in [0.1, 0.15) is 0 Å². The van der Waals surface area contributed by atoms with Crippen molar-refractivity contribution < 1.29 is 0 Å². The minimum absolute atomic E-state index is 0.892. The number of aromatic amines is 3. The van der Waals surface area contributed by atoms with Gasteiger partial charge in [-0.1, -0.05) is 6.07 Å². The van der Waals surface area contributed by atoms with Crippen LogP contribution in [0, 0.1) is 0 Å². The number of hydrogen-bond donors (Lipinski definition) is 3. The maximum absolute atomic E-state index is 4.61. The van der Waals surface area contributed by atoms with Gasteiger partial charge in [0.2, 0.25) is 0 Å². The van der Waals surface area contributed by atoms with Gasteiger partial charge in [-0.3, -0.25) is 10.2 Å². The van der Waals surface area contributed by atoms with Crippen LogP contribution in [0.25, 0.3) is 44.5 Å². The highest BCUT2D eigenvalue weighted by Gasteiger charge is 2.19. The molecule has 1 aliphatic rings. The first kappa shape index (κ1) is 17.2. The summed E-state index contributed by atoms with van der Waals surface area (Å²) in [4.78, 5) is 12.9. The normalized spacial score (nSPS) is 15.4. The van der Waals surface area contributed by atoms with Crippen molar-refractivity contribution in [2.45, 2.75) is 0 Å². The third-order valence-electron chi connectivity index (χ3n) is 6.00. The molecule has 4 aromatic heterocycles. The van der Waals surface area contributed by atoms with Crippen molar-refractivity contribution in [1.82, 2.24) is 35.3 Å². The van der Waals surface area contributed by atoms with Crippen LogP contribution >= 0.6 is 0 Å². The molecule has 150 valence electrons. The molecule has 1 fully saturated rings. The predicted octanol–water partition coefficient (Wildman–Crippen LogP) is 3.25. The number of pyridine rings is 1. The molecule has 0 radical (unpaired) electrons. The van der Waals surface area contributed by atoms with Gasteiger partial charge in [0.15, 0.2) is 0 Å². The van der Waals surface area contributed by atoms with Crippen LogP contribution in [0.4, 0.5) is 5.69 Å². The van der Waals surface area contributed by atoms with Crippen LogP contribution in [-0.2, 0) is 0 Å². The van der Waals surface area contributed by atoms with E-state index >= 15 is 0 Å². The summed E-state index contributed by atoms with van der Waals surface area (Å²) in [6, 6.07) is 10.6. The van der Waals surface area contributed by atoms with Crippen molar-refractivity contribution in [2.75, 3.05) is 38.1 Å². The summed E-state index contributed by atoms with van der Waals surface area (Å²) < 4.78 is 0. The van der Waals surface area contributed by atoms with E-state index in [-0.39, 0.29) is 0 Å². The van der Waals surface area contributed by atoms with Gasteiger partial charge in [-0.2, -0.15) is 10.2 Å². The fourth-order valence-electron chi connectivity index (χ4n) is 4.27. The number of anilines is 1. The zero-order valence-electron chi connectivity index (χ0n) is 16.7. The third kappa shape index (κ3) is 2.76. The number of aromatic nitrogens is 6. The van der Waals surface area contributed by atoms with Gasteiger partial charge in [0.05, 0.1) is 17.4 Å². The Morgan fingerprint density at radius 2 is 1.87 bits per heavy atom. The number of rotatable bonds is 3. The molecule has 0 aliphatic carbocycles. The lowest BCUT2D eigenvalue weighted by Crippen LogP contribution is -2.44. The number of hydrogen-bond acceptors (Lipinski definition) is 5. The topological polar surface area (TPSA) is 92.5 Å². The predicted molar refractivity (Wildman–Crippen MR) is 118 cm³/mol. The Hall–Kier alpha value is -3.65. The van der Waals surface area contributed by atoms with Crippen molar-refractivity contribution in [2.24, 2.45) is 0 Å². The number of benzene rings is 1. The lowest BCUT2D eigenvalue weighted by molar-refractivity contribution is 0.313. The van der Waals surface area contributed by atoms with Gasteiger partial charge >= 0.3 is 0 Å². The molecule has 0 amide bonds. The Kier molecular flexibility index (Phi) is 3.85. The summed E-state index contributed by atoms with van der Waals surface area (Å²) in [5.74, 6) is 0. The number of nitrogens with one attached hydrogen (secondary N) is 3. The van der Waals surface area contributed by atoms with E-state index in [1.165, 1.54) is 5.69 Å². The van der Waals surface area contributed by atoms with Crippen molar-refractivity contribution in [1.29, 1.82) is 0 Å². The highest BCUT2D eigenvalue weighted by molar-refractivity contribution is 5.99. The Balaban J connectivity index is 1.45. The molecule has 6 rings (SSSR count). The number of H-pyrrole nitrogens is 3. The quantitative estimate of drug-likeness (QED) is 0.434. The second-order valence-corrected chi connectivity index (χ2v) is 7.89. The minimum atomic E-state index is 0.892. The Labute approximate surface area is 172 Å². The Bertz CT molecular complexity index is 1320. The smallest absolute Gasteiger partial charge is 0.139 e. The van der Waals surface area contributed by atoms with Gasteiger partial charge in [0.1, 0.15) is 11.3 Å². The SMILES string of the molecule is CN1CCN(c2ccnc3[nH]c(-c4n[nH]c5ccc(-c6cn[nH]c6)cc45)cc23)CC1. The standard InChI is InChI=1S/C22H22N8/c1-29-6-8-30(9-7-29)20-4-5-23-22-17(20)11-19(26-22)21-16-10-14(15-12-24-25-13-15)2-3-18(16)27-28-21/h2-5,10-13H,6-9H2,1H3,(H,23,26)(H,24,25)(H,27,28). The highest BCUT2D eigenvalue weighted by atomic mass is 15.2. The summed E-state index contributed by atoms with van der Waals surface area (Å²) in [6.07, 6.45) is 5.61. The molecule has 0 bridgehead atoms. The molecule has 5 heterocycles. The highest BCUT2D eigenvalue weighted by Crippen LogP contribution is 2.34. The van der Waals surface area contributed by atoms with Gasteiger partial charge in [0.25, 0.3) is 0 Å². The molecule has 3 N–H and O–H groups in total. The molecular formula is C22H22N8. The average molecular weight is 398 g/mol. The van der Waals surface area contributed by atoms with E-state index in [9.17, 15) is 0 Å². The van der Waals surface area contributed by atoms with Crippen molar-refractivity contribution >= 4 is 27.6 Å². The van der Waals surface area contributed by atoms with Gasteiger partial charge in [0, 0.05) is 60.6 Å². The van der Waals surface area contributed by atoms with Gasteiger partial charge in [-0.15, -0.1) is 0 Å². The lowest BCUT2D eigenvalue weighted by atomic mass is 10.1. The molecule has 8 heteroatoms. The zero-order chi connectivity index (χ0) is 20.1. The first-order valence-corrected chi connectivity index (χ1v) is 10.1. The van der Waals surface area contributed by atoms with E-state index in [2.05, 4.69) is 77.5 Å². The molecule has 0 unspecified atom stereocenters. The Morgan fingerprint density at radius 1 is 0.967 bits per heavy atom. The van der Waals surface area contributed by atoms with Crippen LogP contribution in [0.3, 0.4) is 0 Å². The largest absolute Gasteiger partial charge is 0.368 e. The molecular weight excluding hydrogens is 376 g/mol. The van der Waals surface area contributed by atoms with Crippen molar-refractivity contribution in [3.63, 3.8) is 0 Å². The number of piperazine rings is 1. The van der Waals surface area contributed by atoms with Crippen LogP contribution in [0.5, 0.6) is 0 Å². The number of nitrogens with zero attached hydrogens (tertiary/aromatic N) is 5. The number of likely N-dealkylation sites (N-methyl/N-ethyl adjacent to an activating group) is 1. The average Bonchev–Trinajstić information content (AvgIpc) is 3.52. The maximum atomic E-state index is 4.61. The summed E-state index contributed by atoms with van der Waals surface area (Å²) in [7, 11) is 2.17. The van der Waals surface area contributed by atoms with E-state index in [0.717, 1.165) is 70.6 Å². The van der Waals surface area contributed by atoms with Gasteiger partial charge in [-0.05, 0) is 36.9 Å². The fraction of sp³-hybridized carbons (Fsp3) is 0.227. The fourth-order valence-corrected chi connectivity index (χ4v) is 4.27. The van der Waals surface area contributed by atoms with Crippen LogP contribution in [0.15, 0.2) is 48.9 Å². The van der Waals surface area contributed by atoms with E-state index in [1.807, 2.05) is 18.6 Å².